The first kappa shape index (κ1) is 14.8. The van der Waals surface area contributed by atoms with Gasteiger partial charge in [0.2, 0.25) is 0 Å². The fourth-order valence-electron chi connectivity index (χ4n) is 3.51. The summed E-state index contributed by atoms with van der Waals surface area (Å²) in [4.78, 5) is 2.55. The van der Waals surface area contributed by atoms with Crippen LogP contribution in [0.4, 0.5) is 0 Å². The Hall–Kier alpha value is -0.230. The van der Waals surface area contributed by atoms with Crippen molar-refractivity contribution in [2.75, 3.05) is 13.1 Å². The van der Waals surface area contributed by atoms with Gasteiger partial charge in [0.15, 0.2) is 0 Å². The van der Waals surface area contributed by atoms with Crippen LogP contribution in [0.1, 0.15) is 45.4 Å². The molecule has 1 aliphatic heterocycles. The molecule has 3 atom stereocenters. The third kappa shape index (κ3) is 2.78. The average Bonchev–Trinajstić information content (AvgIpc) is 2.34. The summed E-state index contributed by atoms with van der Waals surface area (Å²) < 4.78 is 0. The summed E-state index contributed by atoms with van der Waals surface area (Å²) in [6.07, 6.45) is 12.3. The first-order valence-electron chi connectivity index (χ1n) is 6.65. The summed E-state index contributed by atoms with van der Waals surface area (Å²) >= 11 is 0. The van der Waals surface area contributed by atoms with E-state index >= 15 is 0 Å². The van der Waals surface area contributed by atoms with Crippen LogP contribution in [-0.4, -0.2) is 34.7 Å². The van der Waals surface area contributed by atoms with Crippen molar-refractivity contribution in [3.63, 3.8) is 0 Å². The number of piperidine rings is 1. The van der Waals surface area contributed by atoms with Crippen molar-refractivity contribution < 1.29 is 5.11 Å². The van der Waals surface area contributed by atoms with Gasteiger partial charge in [-0.3, -0.25) is 4.90 Å². The predicted molar refractivity (Wildman–Crippen MR) is 73.3 cm³/mol. The van der Waals surface area contributed by atoms with Gasteiger partial charge in [0.05, 0.1) is 0 Å². The fraction of sp³-hybridized carbons (Fsp3) is 0.857. The summed E-state index contributed by atoms with van der Waals surface area (Å²) in [6, 6.07) is 0.531. The standard InChI is InChI=1S/C14H23NO.ClH/c1-3-10-15-11-9-14(16,4-2)12-7-5-6-8-13(12)15;/h2,12-13,16H,3,5-11H2,1H3;1H. The van der Waals surface area contributed by atoms with Gasteiger partial charge in [0.25, 0.3) is 0 Å². The number of hydrogen-bond donors (Lipinski definition) is 1. The van der Waals surface area contributed by atoms with Crippen LogP contribution in [-0.2, 0) is 0 Å². The van der Waals surface area contributed by atoms with Gasteiger partial charge >= 0.3 is 0 Å². The average molecular weight is 258 g/mol. The van der Waals surface area contributed by atoms with Crippen LogP contribution in [0.25, 0.3) is 0 Å². The van der Waals surface area contributed by atoms with Gasteiger partial charge in [-0.15, -0.1) is 18.8 Å². The minimum absolute atomic E-state index is 0. The highest BCUT2D eigenvalue weighted by Crippen LogP contribution is 2.41. The van der Waals surface area contributed by atoms with E-state index in [1.807, 2.05) is 0 Å². The zero-order valence-corrected chi connectivity index (χ0v) is 11.5. The monoisotopic (exact) mass is 257 g/mol. The van der Waals surface area contributed by atoms with E-state index in [1.165, 1.54) is 25.7 Å². The van der Waals surface area contributed by atoms with Crippen molar-refractivity contribution in [3.05, 3.63) is 0 Å². The largest absolute Gasteiger partial charge is 0.377 e. The van der Waals surface area contributed by atoms with E-state index in [1.54, 1.807) is 0 Å². The summed E-state index contributed by atoms with van der Waals surface area (Å²) in [5.41, 5.74) is -0.824. The summed E-state index contributed by atoms with van der Waals surface area (Å²) in [5.74, 6) is 2.98. The van der Waals surface area contributed by atoms with Crippen LogP contribution in [0.5, 0.6) is 0 Å². The molecule has 0 aromatic carbocycles. The van der Waals surface area contributed by atoms with E-state index in [0.29, 0.717) is 12.0 Å². The van der Waals surface area contributed by atoms with Crippen molar-refractivity contribution in [2.24, 2.45) is 5.92 Å². The lowest BCUT2D eigenvalue weighted by Gasteiger charge is -2.50. The van der Waals surface area contributed by atoms with Crippen LogP contribution in [0.15, 0.2) is 0 Å². The molecule has 17 heavy (non-hydrogen) atoms. The molecule has 3 unspecified atom stereocenters. The third-order valence-corrected chi connectivity index (χ3v) is 4.35. The Morgan fingerprint density at radius 3 is 2.76 bits per heavy atom. The zero-order chi connectivity index (χ0) is 11.6. The quantitative estimate of drug-likeness (QED) is 0.769. The summed E-state index contributed by atoms with van der Waals surface area (Å²) in [6.45, 7) is 4.34. The second kappa shape index (κ2) is 6.09. The minimum atomic E-state index is -0.824. The number of nitrogens with zero attached hydrogens (tertiary/aromatic N) is 1. The van der Waals surface area contributed by atoms with Gasteiger partial charge in [0.1, 0.15) is 5.60 Å². The molecule has 0 aromatic rings. The van der Waals surface area contributed by atoms with E-state index in [9.17, 15) is 5.11 Å². The number of rotatable bonds is 2. The lowest BCUT2D eigenvalue weighted by atomic mass is 9.69. The molecule has 2 aliphatic rings. The molecule has 2 rings (SSSR count). The zero-order valence-electron chi connectivity index (χ0n) is 10.7. The van der Waals surface area contributed by atoms with Crippen molar-refractivity contribution in [1.82, 2.24) is 4.90 Å². The van der Waals surface area contributed by atoms with Crippen molar-refractivity contribution in [3.8, 4) is 12.3 Å². The Balaban J connectivity index is 0.00000144. The second-order valence-corrected chi connectivity index (χ2v) is 5.31. The Kier molecular flexibility index (Phi) is 5.31. The smallest absolute Gasteiger partial charge is 0.130 e. The van der Waals surface area contributed by atoms with Gasteiger partial charge in [-0.1, -0.05) is 25.7 Å². The van der Waals surface area contributed by atoms with E-state index in [-0.39, 0.29) is 12.4 Å². The van der Waals surface area contributed by atoms with E-state index < -0.39 is 5.60 Å². The maximum Gasteiger partial charge on any atom is 0.130 e. The number of likely N-dealkylation sites (tertiary alicyclic amines) is 1. The first-order valence-corrected chi connectivity index (χ1v) is 6.65. The van der Waals surface area contributed by atoms with Crippen LogP contribution in [0.2, 0.25) is 0 Å². The van der Waals surface area contributed by atoms with Crippen LogP contribution < -0.4 is 0 Å². The molecule has 0 aromatic heterocycles. The topological polar surface area (TPSA) is 23.5 Å². The normalized spacial score (nSPS) is 37.7. The Bertz CT molecular complexity index is 288. The number of halogens is 1. The first-order chi connectivity index (χ1) is 7.71. The van der Waals surface area contributed by atoms with Gasteiger partial charge in [-0.2, -0.15) is 0 Å². The molecular weight excluding hydrogens is 234 g/mol. The third-order valence-electron chi connectivity index (χ3n) is 4.35. The molecule has 2 nitrogen and oxygen atoms in total. The Morgan fingerprint density at radius 1 is 1.41 bits per heavy atom. The summed E-state index contributed by atoms with van der Waals surface area (Å²) in [5, 5.41) is 10.5. The minimum Gasteiger partial charge on any atom is -0.377 e. The highest BCUT2D eigenvalue weighted by Gasteiger charge is 2.46. The van der Waals surface area contributed by atoms with Crippen LogP contribution in [0.3, 0.4) is 0 Å². The molecule has 1 aliphatic carbocycles. The number of aliphatic hydroxyl groups is 1. The second-order valence-electron chi connectivity index (χ2n) is 5.31. The van der Waals surface area contributed by atoms with Gasteiger partial charge < -0.3 is 5.11 Å². The summed E-state index contributed by atoms with van der Waals surface area (Å²) in [7, 11) is 0. The van der Waals surface area contributed by atoms with Crippen molar-refractivity contribution in [1.29, 1.82) is 0 Å². The predicted octanol–water partition coefficient (Wildman–Crippen LogP) is 2.45. The van der Waals surface area contributed by atoms with Crippen LogP contribution >= 0.6 is 12.4 Å². The molecule has 3 heteroatoms. The maximum atomic E-state index is 10.5. The number of hydrogen-bond acceptors (Lipinski definition) is 2. The highest BCUT2D eigenvalue weighted by molar-refractivity contribution is 5.85. The van der Waals surface area contributed by atoms with Gasteiger partial charge in [-0.25, -0.2) is 0 Å². The molecule has 0 radical (unpaired) electrons. The lowest BCUT2D eigenvalue weighted by Crippen LogP contribution is -2.58. The van der Waals surface area contributed by atoms with E-state index in [2.05, 4.69) is 17.7 Å². The molecule has 0 amide bonds. The Morgan fingerprint density at radius 2 is 2.12 bits per heavy atom. The van der Waals surface area contributed by atoms with E-state index in [0.717, 1.165) is 25.9 Å². The molecule has 0 spiro atoms. The van der Waals surface area contributed by atoms with Gasteiger partial charge in [0, 0.05) is 24.9 Å². The van der Waals surface area contributed by atoms with Crippen LogP contribution in [0, 0.1) is 18.3 Å². The molecule has 1 heterocycles. The molecule has 1 saturated carbocycles. The molecular formula is C14H24ClNO. The fourth-order valence-corrected chi connectivity index (χ4v) is 3.51. The van der Waals surface area contributed by atoms with E-state index in [4.69, 9.17) is 6.42 Å². The molecule has 98 valence electrons. The highest BCUT2D eigenvalue weighted by atomic mass is 35.5. The molecule has 0 bridgehead atoms. The molecule has 1 saturated heterocycles. The SMILES string of the molecule is C#CC1(O)CCN(CCC)C2CCCCC21.Cl. The lowest BCUT2D eigenvalue weighted by molar-refractivity contribution is -0.0779. The van der Waals surface area contributed by atoms with Gasteiger partial charge in [-0.05, 0) is 25.8 Å². The Labute approximate surface area is 111 Å². The molecule has 2 fully saturated rings. The number of fused-ring (bicyclic) bond motifs is 1. The molecule has 1 N–H and O–H groups in total. The van der Waals surface area contributed by atoms with Crippen molar-refractivity contribution in [2.45, 2.75) is 57.1 Å². The maximum absolute atomic E-state index is 10.5. The van der Waals surface area contributed by atoms with Crippen molar-refractivity contribution >= 4 is 12.4 Å². The number of terminal acetylenes is 1.